The smallest absolute Gasteiger partial charge is 0.261 e. The lowest BCUT2D eigenvalue weighted by atomic mass is 10.1. The van der Waals surface area contributed by atoms with Crippen molar-refractivity contribution in [1.29, 1.82) is 0 Å². The van der Waals surface area contributed by atoms with Crippen molar-refractivity contribution in [3.8, 4) is 5.75 Å². The van der Waals surface area contributed by atoms with Gasteiger partial charge in [0.2, 0.25) is 0 Å². The molecular weight excluding hydrogens is 362 g/mol. The Morgan fingerprint density at radius 2 is 2.04 bits per heavy atom. The molecular formula is C21H22ClN3O2. The zero-order valence-corrected chi connectivity index (χ0v) is 16.2. The van der Waals surface area contributed by atoms with E-state index in [2.05, 4.69) is 9.97 Å². The molecule has 0 saturated carbocycles. The summed E-state index contributed by atoms with van der Waals surface area (Å²) in [5.41, 5.74) is 3.79. The second-order valence-electron chi connectivity index (χ2n) is 7.04. The van der Waals surface area contributed by atoms with Gasteiger partial charge < -0.3 is 14.6 Å². The van der Waals surface area contributed by atoms with E-state index in [1.54, 1.807) is 0 Å². The van der Waals surface area contributed by atoms with Crippen LogP contribution in [0, 0.1) is 13.8 Å². The Labute approximate surface area is 163 Å². The second kappa shape index (κ2) is 7.24. The van der Waals surface area contributed by atoms with E-state index in [1.165, 1.54) is 0 Å². The monoisotopic (exact) mass is 383 g/mol. The summed E-state index contributed by atoms with van der Waals surface area (Å²) in [6.45, 7) is 4.61. The summed E-state index contributed by atoms with van der Waals surface area (Å²) in [4.78, 5) is 22.8. The molecule has 1 N–H and O–H groups in total. The molecule has 27 heavy (non-hydrogen) atoms. The number of carbonyl (C=O) groups is 1. The van der Waals surface area contributed by atoms with Crippen molar-refractivity contribution in [2.24, 2.45) is 0 Å². The minimum Gasteiger partial charge on any atom is -0.483 e. The van der Waals surface area contributed by atoms with Crippen LogP contribution >= 0.6 is 11.6 Å². The fraction of sp³-hybridized carbons (Fsp3) is 0.333. The van der Waals surface area contributed by atoms with Gasteiger partial charge in [0, 0.05) is 11.6 Å². The molecule has 1 saturated heterocycles. The van der Waals surface area contributed by atoms with Crippen molar-refractivity contribution in [1.82, 2.24) is 14.9 Å². The number of fused-ring (bicyclic) bond motifs is 1. The number of nitrogens with zero attached hydrogens (tertiary/aromatic N) is 2. The molecule has 0 radical (unpaired) electrons. The average molecular weight is 384 g/mol. The lowest BCUT2D eigenvalue weighted by Crippen LogP contribution is -2.35. The molecule has 5 nitrogen and oxygen atoms in total. The molecule has 2 aromatic carbocycles. The normalized spacial score (nSPS) is 16.9. The highest BCUT2D eigenvalue weighted by molar-refractivity contribution is 6.30. The summed E-state index contributed by atoms with van der Waals surface area (Å²) in [6.07, 6.45) is 1.87. The van der Waals surface area contributed by atoms with Crippen LogP contribution in [-0.2, 0) is 4.79 Å². The molecule has 140 valence electrons. The van der Waals surface area contributed by atoms with Crippen LogP contribution in [0.25, 0.3) is 11.0 Å². The highest BCUT2D eigenvalue weighted by Gasteiger charge is 2.32. The number of nitrogens with one attached hydrogen (secondary N) is 1. The number of para-hydroxylation sites is 2. The Morgan fingerprint density at radius 1 is 1.30 bits per heavy atom. The van der Waals surface area contributed by atoms with Gasteiger partial charge in [-0.25, -0.2) is 4.98 Å². The molecule has 1 aliphatic heterocycles. The standard InChI is InChI=1S/C21H22ClN3O2/c1-13-10-15(22)11-14(2)20(13)27-12-19(26)25-9-5-8-18(25)21-23-16-6-3-4-7-17(16)24-21/h3-4,6-7,10-11,18H,5,8-9,12H2,1-2H3,(H,23,24)/t18-/m0/s1. The van der Waals surface area contributed by atoms with E-state index < -0.39 is 0 Å². The van der Waals surface area contributed by atoms with E-state index in [0.29, 0.717) is 5.02 Å². The molecule has 1 aliphatic rings. The van der Waals surface area contributed by atoms with Gasteiger partial charge in [0.05, 0.1) is 17.1 Å². The Kier molecular flexibility index (Phi) is 4.79. The first-order valence-electron chi connectivity index (χ1n) is 9.16. The number of amides is 1. The first-order valence-corrected chi connectivity index (χ1v) is 9.54. The van der Waals surface area contributed by atoms with E-state index in [0.717, 1.165) is 53.1 Å². The van der Waals surface area contributed by atoms with Gasteiger partial charge in [-0.3, -0.25) is 4.79 Å². The molecule has 1 atom stereocenters. The predicted octanol–water partition coefficient (Wildman–Crippen LogP) is 4.58. The van der Waals surface area contributed by atoms with Crippen LogP contribution in [0.5, 0.6) is 5.75 Å². The molecule has 3 aromatic rings. The Balaban J connectivity index is 1.49. The number of hydrogen-bond donors (Lipinski definition) is 1. The van der Waals surface area contributed by atoms with Crippen LogP contribution in [-0.4, -0.2) is 33.9 Å². The number of carbonyl (C=O) groups excluding carboxylic acids is 1. The fourth-order valence-electron chi connectivity index (χ4n) is 3.82. The van der Waals surface area contributed by atoms with Crippen LogP contribution in [0.1, 0.15) is 35.8 Å². The number of benzene rings is 2. The van der Waals surface area contributed by atoms with E-state index in [4.69, 9.17) is 16.3 Å². The molecule has 1 amide bonds. The molecule has 1 aromatic heterocycles. The van der Waals surface area contributed by atoms with Crippen molar-refractivity contribution in [3.05, 3.63) is 58.4 Å². The minimum absolute atomic E-state index is 0.0139. The van der Waals surface area contributed by atoms with Crippen molar-refractivity contribution in [2.75, 3.05) is 13.2 Å². The number of aromatic amines is 1. The maximum absolute atomic E-state index is 12.8. The number of halogens is 1. The number of rotatable bonds is 4. The third-order valence-corrected chi connectivity index (χ3v) is 5.28. The highest BCUT2D eigenvalue weighted by atomic mass is 35.5. The second-order valence-corrected chi connectivity index (χ2v) is 7.48. The first kappa shape index (κ1) is 17.9. The van der Waals surface area contributed by atoms with Crippen LogP contribution in [0.3, 0.4) is 0 Å². The van der Waals surface area contributed by atoms with Crippen LogP contribution in [0.2, 0.25) is 5.02 Å². The minimum atomic E-state index is -0.0269. The summed E-state index contributed by atoms with van der Waals surface area (Å²) in [5, 5.41) is 0.674. The fourth-order valence-corrected chi connectivity index (χ4v) is 4.15. The number of hydrogen-bond acceptors (Lipinski definition) is 3. The SMILES string of the molecule is Cc1cc(Cl)cc(C)c1OCC(=O)N1CCC[C@H]1c1nc2ccccc2[nH]1. The molecule has 1 fully saturated rings. The average Bonchev–Trinajstić information content (AvgIpc) is 3.27. The van der Waals surface area contributed by atoms with Gasteiger partial charge >= 0.3 is 0 Å². The van der Waals surface area contributed by atoms with Crippen molar-refractivity contribution >= 4 is 28.5 Å². The Bertz CT molecular complexity index is 942. The molecule has 6 heteroatoms. The summed E-state index contributed by atoms with van der Waals surface area (Å²) < 4.78 is 5.86. The van der Waals surface area contributed by atoms with Crippen molar-refractivity contribution in [3.63, 3.8) is 0 Å². The van der Waals surface area contributed by atoms with E-state index in [9.17, 15) is 4.79 Å². The number of H-pyrrole nitrogens is 1. The summed E-state index contributed by atoms with van der Waals surface area (Å²) >= 11 is 6.07. The predicted molar refractivity (Wildman–Crippen MR) is 106 cm³/mol. The van der Waals surface area contributed by atoms with Crippen LogP contribution in [0.4, 0.5) is 0 Å². The van der Waals surface area contributed by atoms with Gasteiger partial charge in [0.25, 0.3) is 5.91 Å². The number of aryl methyl sites for hydroxylation is 2. The molecule has 4 rings (SSSR count). The lowest BCUT2D eigenvalue weighted by molar-refractivity contribution is -0.134. The first-order chi connectivity index (χ1) is 13.0. The van der Waals surface area contributed by atoms with E-state index in [1.807, 2.05) is 55.1 Å². The van der Waals surface area contributed by atoms with Crippen molar-refractivity contribution < 1.29 is 9.53 Å². The van der Waals surface area contributed by atoms with Gasteiger partial charge in [-0.05, 0) is 62.1 Å². The van der Waals surface area contributed by atoms with Gasteiger partial charge in [-0.15, -0.1) is 0 Å². The maximum atomic E-state index is 12.8. The highest BCUT2D eigenvalue weighted by Crippen LogP contribution is 2.32. The lowest BCUT2D eigenvalue weighted by Gasteiger charge is -2.23. The molecule has 0 spiro atoms. The van der Waals surface area contributed by atoms with Crippen molar-refractivity contribution in [2.45, 2.75) is 32.7 Å². The summed E-state index contributed by atoms with van der Waals surface area (Å²) in [7, 11) is 0. The van der Waals surface area contributed by atoms with E-state index in [-0.39, 0.29) is 18.6 Å². The number of ether oxygens (including phenoxy) is 1. The molecule has 0 aliphatic carbocycles. The van der Waals surface area contributed by atoms with Crippen LogP contribution < -0.4 is 4.74 Å². The van der Waals surface area contributed by atoms with Gasteiger partial charge in [-0.1, -0.05) is 23.7 Å². The maximum Gasteiger partial charge on any atom is 0.261 e. The quantitative estimate of drug-likeness (QED) is 0.717. The Morgan fingerprint density at radius 3 is 2.78 bits per heavy atom. The number of imidazole rings is 1. The van der Waals surface area contributed by atoms with Gasteiger partial charge in [-0.2, -0.15) is 0 Å². The topological polar surface area (TPSA) is 58.2 Å². The van der Waals surface area contributed by atoms with Gasteiger partial charge in [0.1, 0.15) is 11.6 Å². The van der Waals surface area contributed by atoms with Crippen LogP contribution in [0.15, 0.2) is 36.4 Å². The molecule has 0 unspecified atom stereocenters. The largest absolute Gasteiger partial charge is 0.483 e. The third kappa shape index (κ3) is 3.52. The molecule has 0 bridgehead atoms. The number of aromatic nitrogens is 2. The molecule has 2 heterocycles. The van der Waals surface area contributed by atoms with Gasteiger partial charge in [0.15, 0.2) is 6.61 Å². The van der Waals surface area contributed by atoms with E-state index >= 15 is 0 Å². The zero-order chi connectivity index (χ0) is 19.0. The summed E-state index contributed by atoms with van der Waals surface area (Å²) in [6, 6.07) is 11.6. The zero-order valence-electron chi connectivity index (χ0n) is 15.5. The Hall–Kier alpha value is -2.53. The number of likely N-dealkylation sites (tertiary alicyclic amines) is 1. The summed E-state index contributed by atoms with van der Waals surface area (Å²) in [5.74, 6) is 1.56. The third-order valence-electron chi connectivity index (χ3n) is 5.06.